The van der Waals surface area contributed by atoms with Crippen LogP contribution in [0.5, 0.6) is 0 Å². The molecule has 0 unspecified atom stereocenters. The standard InChI is InChI=1S/C8H7O3S.2O.Zr/c9-12(10,11)7-6-8-4-2-1-3-5-8;;;/h1-6H,(H,9,10,11);;;. The van der Waals surface area contributed by atoms with Crippen molar-refractivity contribution in [3.8, 4) is 0 Å². The molecule has 0 heterocycles. The number of benzene rings is 1. The third-order valence-electron chi connectivity index (χ3n) is 1.58. The van der Waals surface area contributed by atoms with Crippen LogP contribution in [0.1, 0.15) is 5.56 Å². The van der Waals surface area contributed by atoms with Crippen molar-refractivity contribution in [2.75, 3.05) is 0 Å². The van der Waals surface area contributed by atoms with Gasteiger partial charge in [0.15, 0.2) is 0 Å². The molecule has 0 spiro atoms. The molecule has 1 N–H and O–H groups in total. The molecule has 7 heteroatoms. The fourth-order valence-electron chi connectivity index (χ4n) is 0.939. The fourth-order valence-corrected chi connectivity index (χ4v) is 3.69. The second-order valence-electron chi connectivity index (χ2n) is 2.68. The molecule has 0 bridgehead atoms. The topological polar surface area (TPSA) is 88.5 Å². The molecule has 0 saturated heterocycles. The summed E-state index contributed by atoms with van der Waals surface area (Å²) in [6.07, 6.45) is 0.949. The minimum atomic E-state index is -4.64. The molecule has 0 aliphatic carbocycles. The molecule has 0 aliphatic rings. The first-order valence-corrected chi connectivity index (χ1v) is 8.54. The van der Waals surface area contributed by atoms with Crippen molar-refractivity contribution in [2.45, 2.75) is 0 Å². The minimum absolute atomic E-state index is 0.412. The van der Waals surface area contributed by atoms with Gasteiger partial charge in [-0.1, -0.05) is 0 Å². The van der Waals surface area contributed by atoms with Crippen LogP contribution in [0.15, 0.2) is 32.9 Å². The van der Waals surface area contributed by atoms with Gasteiger partial charge in [0, 0.05) is 0 Å². The first kappa shape index (κ1) is 12.4. The van der Waals surface area contributed by atoms with E-state index in [-0.39, 0.29) is 0 Å². The Labute approximate surface area is 94.7 Å². The van der Waals surface area contributed by atoms with Crippen molar-refractivity contribution in [1.82, 2.24) is 0 Å². The first-order chi connectivity index (χ1) is 6.91. The monoisotopic (exact) mass is 305 g/mol. The third-order valence-corrected chi connectivity index (χ3v) is 6.48. The SMILES string of the molecule is [O]=[Zr](=[O])[C](=Cc1ccccc1)S(=O)(=O)O. The molecule has 0 amide bonds. The second kappa shape index (κ2) is 4.92. The molecule has 1 rings (SSSR count). The van der Waals surface area contributed by atoms with E-state index in [1.807, 2.05) is 0 Å². The van der Waals surface area contributed by atoms with Gasteiger partial charge in [-0.3, -0.25) is 0 Å². The van der Waals surface area contributed by atoms with Gasteiger partial charge in [-0.25, -0.2) is 0 Å². The Hall–Kier alpha value is -0.647. The molecule has 0 fully saturated rings. The molecule has 0 atom stereocenters. The van der Waals surface area contributed by atoms with Crippen LogP contribution in [-0.4, -0.2) is 13.0 Å². The van der Waals surface area contributed by atoms with E-state index in [1.165, 1.54) is 12.1 Å². The maximum atomic E-state index is 10.7. The van der Waals surface area contributed by atoms with Crippen LogP contribution < -0.4 is 0 Å². The van der Waals surface area contributed by atoms with Crippen molar-refractivity contribution in [1.29, 1.82) is 0 Å². The number of hydrogen-bond donors (Lipinski definition) is 1. The molecule has 15 heavy (non-hydrogen) atoms. The number of hydrogen-bond acceptors (Lipinski definition) is 4. The molecule has 0 aromatic heterocycles. The average Bonchev–Trinajstić information content (AvgIpc) is 2.13. The summed E-state index contributed by atoms with van der Waals surface area (Å²) >= 11 is -4.61. The zero-order chi connectivity index (χ0) is 11.5. The van der Waals surface area contributed by atoms with Crippen LogP contribution in [0.2, 0.25) is 0 Å². The van der Waals surface area contributed by atoms with Crippen LogP contribution in [0.4, 0.5) is 0 Å². The van der Waals surface area contributed by atoms with E-state index in [0.717, 1.165) is 6.08 Å². The average molecular weight is 306 g/mol. The van der Waals surface area contributed by atoms with Gasteiger partial charge < -0.3 is 0 Å². The molecule has 1 aromatic carbocycles. The van der Waals surface area contributed by atoms with Crippen LogP contribution >= 0.6 is 0 Å². The fraction of sp³-hybridized carbons (Fsp3) is 0. The van der Waals surface area contributed by atoms with E-state index in [2.05, 4.69) is 0 Å². The van der Waals surface area contributed by atoms with Gasteiger partial charge in [0.2, 0.25) is 0 Å². The van der Waals surface area contributed by atoms with Gasteiger partial charge >= 0.3 is 95.1 Å². The van der Waals surface area contributed by atoms with E-state index in [9.17, 15) is 14.0 Å². The van der Waals surface area contributed by atoms with Gasteiger partial charge in [0.1, 0.15) is 0 Å². The van der Waals surface area contributed by atoms with Crippen LogP contribution in [-0.2, 0) is 37.5 Å². The first-order valence-electron chi connectivity index (χ1n) is 3.87. The summed E-state index contributed by atoms with van der Waals surface area (Å²) in [5.41, 5.74) is 0.412. The summed E-state index contributed by atoms with van der Waals surface area (Å²) in [6.45, 7) is 0. The van der Waals surface area contributed by atoms with Gasteiger partial charge in [0.05, 0.1) is 0 Å². The second-order valence-corrected chi connectivity index (χ2v) is 7.70. The molecule has 0 radical (unpaired) electrons. The Kier molecular flexibility index (Phi) is 4.07. The Morgan fingerprint density at radius 1 is 1.20 bits per heavy atom. The number of rotatable bonds is 3. The normalized spacial score (nSPS) is 12.5. The van der Waals surface area contributed by atoms with Gasteiger partial charge in [-0.2, -0.15) is 0 Å². The Morgan fingerprint density at radius 3 is 2.13 bits per heavy atom. The van der Waals surface area contributed by atoms with E-state index < -0.39 is 34.5 Å². The van der Waals surface area contributed by atoms with Crippen LogP contribution in [0.25, 0.3) is 6.08 Å². The zero-order valence-electron chi connectivity index (χ0n) is 7.45. The van der Waals surface area contributed by atoms with E-state index in [4.69, 9.17) is 4.55 Å². The van der Waals surface area contributed by atoms with Crippen molar-refractivity contribution in [2.24, 2.45) is 0 Å². The molecule has 0 aliphatic heterocycles. The van der Waals surface area contributed by atoms with Gasteiger partial charge in [-0.05, 0) is 0 Å². The van der Waals surface area contributed by atoms with Gasteiger partial charge in [-0.15, -0.1) is 0 Å². The summed E-state index contributed by atoms with van der Waals surface area (Å²) in [5.74, 6) is 0. The molecular weight excluding hydrogens is 299 g/mol. The van der Waals surface area contributed by atoms with Crippen LogP contribution in [0.3, 0.4) is 0 Å². The maximum absolute atomic E-state index is 10.7. The summed E-state index contributed by atoms with van der Waals surface area (Å²) in [5, 5.41) is 0. The molecular formula is C8H7O5SZr. The molecule has 0 saturated carbocycles. The van der Waals surface area contributed by atoms with E-state index >= 15 is 0 Å². The van der Waals surface area contributed by atoms with Crippen molar-refractivity contribution >= 4 is 16.2 Å². The summed E-state index contributed by atoms with van der Waals surface area (Å²) in [6, 6.07) is 8.05. The zero-order valence-corrected chi connectivity index (χ0v) is 10.7. The predicted molar refractivity (Wildman–Crippen MR) is 47.3 cm³/mol. The summed E-state index contributed by atoms with van der Waals surface area (Å²) in [4.78, 5) is 0. The van der Waals surface area contributed by atoms with Gasteiger partial charge in [0.25, 0.3) is 0 Å². The third kappa shape index (κ3) is 3.77. The van der Waals surface area contributed by atoms with Crippen LogP contribution in [0, 0.1) is 0 Å². The Bertz CT molecular complexity index is 534. The quantitative estimate of drug-likeness (QED) is 0.847. The van der Waals surface area contributed by atoms with Crippen molar-refractivity contribution in [3.63, 3.8) is 0 Å². The Balaban J connectivity index is 3.30. The van der Waals surface area contributed by atoms with E-state index in [1.54, 1.807) is 18.2 Å². The van der Waals surface area contributed by atoms with Crippen molar-refractivity contribution < 1.29 is 40.4 Å². The summed E-state index contributed by atoms with van der Waals surface area (Å²) in [7, 11) is -4.64. The molecule has 5 nitrogen and oxygen atoms in total. The van der Waals surface area contributed by atoms with Crippen molar-refractivity contribution in [3.05, 3.63) is 38.5 Å². The Morgan fingerprint density at radius 2 is 1.73 bits per heavy atom. The predicted octanol–water partition coefficient (Wildman–Crippen LogP) is 1.18. The molecule has 1 aromatic rings. The molecule has 79 valence electrons. The summed E-state index contributed by atoms with van der Waals surface area (Å²) < 4.78 is 50.6. The van der Waals surface area contributed by atoms with E-state index in [0.29, 0.717) is 5.56 Å².